The molecule has 37 heavy (non-hydrogen) atoms. The van der Waals surface area contributed by atoms with Gasteiger partial charge in [0.25, 0.3) is 0 Å². The summed E-state index contributed by atoms with van der Waals surface area (Å²) in [5, 5.41) is 12.2. The first-order chi connectivity index (χ1) is 17.4. The Kier molecular flexibility index (Phi) is 10.0. The van der Waals surface area contributed by atoms with Gasteiger partial charge in [-0.1, -0.05) is 23.2 Å². The van der Waals surface area contributed by atoms with Gasteiger partial charge in [0.15, 0.2) is 6.04 Å². The smallest absolute Gasteiger partial charge is 0.409 e. The molecule has 2 atom stereocenters. The monoisotopic (exact) mass is 578 g/mol. The summed E-state index contributed by atoms with van der Waals surface area (Å²) in [6, 6.07) is 1.20. The first-order valence-corrected chi connectivity index (χ1v) is 14.2. The van der Waals surface area contributed by atoms with Crippen molar-refractivity contribution in [3.8, 4) is 0 Å². The van der Waals surface area contributed by atoms with E-state index >= 15 is 0 Å². The first kappa shape index (κ1) is 29.4. The molecule has 1 aromatic rings. The van der Waals surface area contributed by atoms with Gasteiger partial charge in [-0.05, 0) is 63.9 Å². The number of hydrogen-bond acceptors (Lipinski definition) is 7. The van der Waals surface area contributed by atoms with E-state index in [0.29, 0.717) is 25.4 Å². The molecular weight excluding hydrogens is 547 g/mol. The van der Waals surface area contributed by atoms with Gasteiger partial charge in [0, 0.05) is 36.2 Å². The number of benzene rings is 1. The quantitative estimate of drug-likeness (QED) is 0.454. The molecule has 0 bridgehead atoms. The fraction of sp³-hybridized carbons (Fsp3) is 0.609. The van der Waals surface area contributed by atoms with Crippen LogP contribution < -0.4 is 5.32 Å². The highest BCUT2D eigenvalue weighted by Crippen LogP contribution is 2.30. The second-order valence-corrected chi connectivity index (χ2v) is 12.3. The van der Waals surface area contributed by atoms with Crippen molar-refractivity contribution >= 4 is 51.2 Å². The fourth-order valence-electron chi connectivity index (χ4n) is 4.61. The number of carbonyl (C=O) groups excluding carboxylic acids is 2. The molecule has 14 heteroatoms. The minimum atomic E-state index is -4.13. The lowest BCUT2D eigenvalue weighted by atomic mass is 9.97. The molecule has 2 heterocycles. The third-order valence-electron chi connectivity index (χ3n) is 6.43. The van der Waals surface area contributed by atoms with E-state index in [1.54, 1.807) is 0 Å². The molecule has 2 fully saturated rings. The SMILES string of the molecule is CN(C)CC1CCN(C(=O)OC[C@H](NC(=O)[C@@H]2CCCN2S(=O)(=O)c2cc(Cl)cc(Cl)c2)C(=O)O)CC1. The summed E-state index contributed by atoms with van der Waals surface area (Å²) in [5.74, 6) is -1.72. The number of hydrogen-bond donors (Lipinski definition) is 2. The van der Waals surface area contributed by atoms with Crippen molar-refractivity contribution in [1.29, 1.82) is 0 Å². The molecule has 206 valence electrons. The molecule has 0 radical (unpaired) electrons. The Balaban J connectivity index is 1.59. The number of rotatable bonds is 9. The lowest BCUT2D eigenvalue weighted by Gasteiger charge is -2.32. The van der Waals surface area contributed by atoms with Crippen LogP contribution in [0.25, 0.3) is 0 Å². The van der Waals surface area contributed by atoms with Crippen LogP contribution in [0, 0.1) is 5.92 Å². The van der Waals surface area contributed by atoms with Gasteiger partial charge in [0.05, 0.1) is 4.90 Å². The molecule has 0 aromatic heterocycles. The van der Waals surface area contributed by atoms with Crippen LogP contribution in [-0.4, -0.2) is 105 Å². The molecule has 2 amide bonds. The van der Waals surface area contributed by atoms with Crippen LogP contribution >= 0.6 is 23.2 Å². The molecule has 2 aliphatic heterocycles. The number of likely N-dealkylation sites (tertiary alicyclic amines) is 1. The average Bonchev–Trinajstić information content (AvgIpc) is 3.32. The van der Waals surface area contributed by atoms with Crippen LogP contribution in [0.2, 0.25) is 10.0 Å². The lowest BCUT2D eigenvalue weighted by Crippen LogP contribution is -2.52. The summed E-state index contributed by atoms with van der Waals surface area (Å²) < 4.78 is 32.6. The lowest BCUT2D eigenvalue weighted by molar-refractivity contribution is -0.143. The zero-order chi connectivity index (χ0) is 27.3. The molecule has 2 N–H and O–H groups in total. The Morgan fingerprint density at radius 3 is 2.30 bits per heavy atom. The molecule has 2 saturated heterocycles. The maximum atomic E-state index is 13.2. The Bertz CT molecular complexity index is 1090. The van der Waals surface area contributed by atoms with Gasteiger partial charge in [-0.2, -0.15) is 4.31 Å². The standard InChI is InChI=1S/C23H32Cl2N4O7S/c1-27(2)13-15-5-8-28(9-6-15)23(33)36-14-19(22(31)32)26-21(30)20-4-3-7-29(20)37(34,35)18-11-16(24)10-17(25)12-18/h10-12,15,19-20H,3-9,13-14H2,1-2H3,(H,26,30)(H,31,32)/t19-,20-/m0/s1. The number of amides is 2. The minimum absolute atomic E-state index is 0.0705. The van der Waals surface area contributed by atoms with E-state index in [0.717, 1.165) is 23.7 Å². The summed E-state index contributed by atoms with van der Waals surface area (Å²) in [6.07, 6.45) is 1.59. The zero-order valence-corrected chi connectivity index (χ0v) is 23.1. The van der Waals surface area contributed by atoms with E-state index in [2.05, 4.69) is 10.2 Å². The van der Waals surface area contributed by atoms with Crippen LogP contribution in [0.15, 0.2) is 23.1 Å². The largest absolute Gasteiger partial charge is 0.480 e. The molecule has 11 nitrogen and oxygen atoms in total. The number of halogens is 2. The average molecular weight is 580 g/mol. The topological polar surface area (TPSA) is 137 Å². The van der Waals surface area contributed by atoms with Gasteiger partial charge in [-0.25, -0.2) is 18.0 Å². The third kappa shape index (κ3) is 7.70. The van der Waals surface area contributed by atoms with E-state index in [4.69, 9.17) is 27.9 Å². The number of aliphatic carboxylic acids is 1. The Hall–Kier alpha value is -2.12. The molecule has 0 saturated carbocycles. The maximum absolute atomic E-state index is 13.2. The summed E-state index contributed by atoms with van der Waals surface area (Å²) in [5.41, 5.74) is 0. The summed E-state index contributed by atoms with van der Waals surface area (Å²) >= 11 is 11.9. The van der Waals surface area contributed by atoms with Crippen molar-refractivity contribution in [2.45, 2.75) is 42.7 Å². The van der Waals surface area contributed by atoms with E-state index < -0.39 is 46.7 Å². The highest BCUT2D eigenvalue weighted by atomic mass is 35.5. The number of carboxylic acid groups (broad SMARTS) is 1. The van der Waals surface area contributed by atoms with E-state index in [-0.39, 0.29) is 27.9 Å². The second kappa shape index (κ2) is 12.6. The predicted octanol–water partition coefficient (Wildman–Crippen LogP) is 2.13. The maximum Gasteiger partial charge on any atom is 0.409 e. The highest BCUT2D eigenvalue weighted by molar-refractivity contribution is 7.89. The van der Waals surface area contributed by atoms with Gasteiger partial charge < -0.3 is 25.0 Å². The van der Waals surface area contributed by atoms with E-state index in [1.807, 2.05) is 14.1 Å². The number of nitrogens with one attached hydrogen (secondary N) is 1. The predicted molar refractivity (Wildman–Crippen MR) is 137 cm³/mol. The van der Waals surface area contributed by atoms with Gasteiger partial charge in [-0.3, -0.25) is 4.79 Å². The van der Waals surface area contributed by atoms with E-state index in [1.165, 1.54) is 23.1 Å². The third-order valence-corrected chi connectivity index (χ3v) is 8.76. The minimum Gasteiger partial charge on any atom is -0.480 e. The van der Waals surface area contributed by atoms with Gasteiger partial charge in [0.1, 0.15) is 12.6 Å². The van der Waals surface area contributed by atoms with Crippen molar-refractivity contribution in [2.75, 3.05) is 46.9 Å². The van der Waals surface area contributed by atoms with E-state index in [9.17, 15) is 27.9 Å². The van der Waals surface area contributed by atoms with Crippen LogP contribution in [0.5, 0.6) is 0 Å². The Labute approximate surface area is 226 Å². The van der Waals surface area contributed by atoms with Crippen LogP contribution in [-0.2, 0) is 24.3 Å². The van der Waals surface area contributed by atoms with Gasteiger partial charge >= 0.3 is 12.1 Å². The summed E-state index contributed by atoms with van der Waals surface area (Å²) in [6.45, 7) is 1.42. The fourth-order valence-corrected chi connectivity index (χ4v) is 6.99. The van der Waals surface area contributed by atoms with Crippen molar-refractivity contribution in [2.24, 2.45) is 5.92 Å². The summed E-state index contributed by atoms with van der Waals surface area (Å²) in [4.78, 5) is 40.7. The number of nitrogens with zero attached hydrogens (tertiary/aromatic N) is 3. The van der Waals surface area contributed by atoms with Gasteiger partial charge in [0.2, 0.25) is 15.9 Å². The molecule has 0 unspecified atom stereocenters. The molecular formula is C23H32Cl2N4O7S. The van der Waals surface area contributed by atoms with Crippen molar-refractivity contribution in [3.63, 3.8) is 0 Å². The molecule has 2 aliphatic rings. The zero-order valence-electron chi connectivity index (χ0n) is 20.7. The first-order valence-electron chi connectivity index (χ1n) is 12.0. The van der Waals surface area contributed by atoms with Crippen molar-refractivity contribution in [1.82, 2.24) is 19.4 Å². The van der Waals surface area contributed by atoms with Gasteiger partial charge in [-0.15, -0.1) is 0 Å². The highest BCUT2D eigenvalue weighted by Gasteiger charge is 2.41. The van der Waals surface area contributed by atoms with Crippen LogP contribution in [0.3, 0.4) is 0 Å². The van der Waals surface area contributed by atoms with Crippen molar-refractivity contribution < 1.29 is 32.6 Å². The Morgan fingerprint density at radius 1 is 1.11 bits per heavy atom. The van der Waals surface area contributed by atoms with Crippen LogP contribution in [0.1, 0.15) is 25.7 Å². The number of ether oxygens (including phenoxy) is 1. The number of carbonyl (C=O) groups is 3. The number of carboxylic acids is 1. The molecule has 1 aromatic carbocycles. The van der Waals surface area contributed by atoms with Crippen molar-refractivity contribution in [3.05, 3.63) is 28.2 Å². The molecule has 0 spiro atoms. The molecule has 3 rings (SSSR count). The molecule has 0 aliphatic carbocycles. The number of piperidine rings is 1. The normalized spacial score (nSPS) is 20.1. The Morgan fingerprint density at radius 2 is 1.73 bits per heavy atom. The number of sulfonamides is 1. The second-order valence-electron chi connectivity index (χ2n) is 9.55. The summed E-state index contributed by atoms with van der Waals surface area (Å²) in [7, 11) is -0.137. The van der Waals surface area contributed by atoms with Crippen LogP contribution in [0.4, 0.5) is 4.79 Å².